The Labute approximate surface area is 128 Å². The molecule has 0 spiro atoms. The molecule has 0 aliphatic carbocycles. The zero-order chi connectivity index (χ0) is 13.8. The van der Waals surface area contributed by atoms with Crippen LogP contribution in [0.25, 0.3) is 0 Å². The first kappa shape index (κ1) is 15.3. The smallest absolute Gasteiger partial charge is 0.0595 e. The van der Waals surface area contributed by atoms with Crippen LogP contribution in [0.1, 0.15) is 24.4 Å². The van der Waals surface area contributed by atoms with Crippen LogP contribution < -0.4 is 5.73 Å². The Bertz CT molecular complexity index is 422. The third kappa shape index (κ3) is 3.70. The van der Waals surface area contributed by atoms with Gasteiger partial charge in [-0.25, -0.2) is 0 Å². The van der Waals surface area contributed by atoms with Gasteiger partial charge >= 0.3 is 0 Å². The zero-order valence-electron chi connectivity index (χ0n) is 11.1. The third-order valence-electron chi connectivity index (χ3n) is 3.79. The number of hydrogen-bond donors (Lipinski definition) is 1. The van der Waals surface area contributed by atoms with Crippen molar-refractivity contribution in [2.24, 2.45) is 5.73 Å². The number of nitrogens with zero attached hydrogens (tertiary/aromatic N) is 1. The summed E-state index contributed by atoms with van der Waals surface area (Å²) in [7, 11) is 1.79. The number of nitrogens with two attached hydrogens (primary N) is 1. The largest absolute Gasteiger partial charge is 0.381 e. The first-order chi connectivity index (χ1) is 9.15. The van der Waals surface area contributed by atoms with Crippen LogP contribution >= 0.6 is 27.5 Å². The van der Waals surface area contributed by atoms with Crippen molar-refractivity contribution in [3.05, 3.63) is 33.3 Å². The molecule has 0 radical (unpaired) electrons. The van der Waals surface area contributed by atoms with Crippen molar-refractivity contribution >= 4 is 27.5 Å². The molecule has 1 heterocycles. The van der Waals surface area contributed by atoms with E-state index in [0.717, 1.165) is 35.4 Å². The maximum atomic E-state index is 6.10. The number of benzene rings is 1. The topological polar surface area (TPSA) is 38.5 Å². The van der Waals surface area contributed by atoms with Gasteiger partial charge in [0.1, 0.15) is 0 Å². The lowest BCUT2D eigenvalue weighted by Crippen LogP contribution is -2.41. The lowest BCUT2D eigenvalue weighted by Gasteiger charge is -2.37. The Morgan fingerprint density at radius 1 is 1.47 bits per heavy atom. The highest BCUT2D eigenvalue weighted by Gasteiger charge is 2.26. The fourth-order valence-corrected chi connectivity index (χ4v) is 3.36. The Hall–Kier alpha value is -0.130. The van der Waals surface area contributed by atoms with E-state index in [-0.39, 0.29) is 6.04 Å². The number of ether oxygens (including phenoxy) is 1. The Morgan fingerprint density at radius 2 is 2.16 bits per heavy atom. The summed E-state index contributed by atoms with van der Waals surface area (Å²) in [6, 6.07) is 6.10. The SMILES string of the molecule is COC1CCN(C(CN)c2cc(Cl)ccc2Br)CC1. The van der Waals surface area contributed by atoms with Crippen LogP contribution in [0.4, 0.5) is 0 Å². The van der Waals surface area contributed by atoms with Gasteiger partial charge in [0.25, 0.3) is 0 Å². The molecule has 1 saturated heterocycles. The van der Waals surface area contributed by atoms with E-state index in [1.165, 1.54) is 5.56 Å². The van der Waals surface area contributed by atoms with Gasteiger partial charge in [0, 0.05) is 42.3 Å². The molecule has 0 amide bonds. The average molecular weight is 348 g/mol. The van der Waals surface area contributed by atoms with Crippen molar-refractivity contribution in [2.45, 2.75) is 25.0 Å². The van der Waals surface area contributed by atoms with Crippen LogP contribution in [0.2, 0.25) is 5.02 Å². The molecule has 0 bridgehead atoms. The fourth-order valence-electron chi connectivity index (χ4n) is 2.67. The number of hydrogen-bond acceptors (Lipinski definition) is 3. The highest BCUT2D eigenvalue weighted by molar-refractivity contribution is 9.10. The van der Waals surface area contributed by atoms with E-state index in [9.17, 15) is 0 Å². The van der Waals surface area contributed by atoms with E-state index < -0.39 is 0 Å². The molecule has 1 aromatic carbocycles. The fraction of sp³-hybridized carbons (Fsp3) is 0.571. The molecule has 2 N–H and O–H groups in total. The average Bonchev–Trinajstić information content (AvgIpc) is 2.44. The molecule has 19 heavy (non-hydrogen) atoms. The van der Waals surface area contributed by atoms with Gasteiger partial charge in [0.2, 0.25) is 0 Å². The normalized spacial score (nSPS) is 19.6. The van der Waals surface area contributed by atoms with E-state index in [4.69, 9.17) is 22.1 Å². The minimum atomic E-state index is 0.214. The highest BCUT2D eigenvalue weighted by atomic mass is 79.9. The summed E-state index contributed by atoms with van der Waals surface area (Å²) >= 11 is 9.70. The molecule has 0 aromatic heterocycles. The standard InChI is InChI=1S/C14H20BrClN2O/c1-19-11-4-6-18(7-5-11)14(9-17)12-8-10(16)2-3-13(12)15/h2-3,8,11,14H,4-7,9,17H2,1H3. The first-order valence-corrected chi connectivity index (χ1v) is 7.74. The van der Waals surface area contributed by atoms with Gasteiger partial charge in [-0.3, -0.25) is 4.90 Å². The second-order valence-electron chi connectivity index (χ2n) is 4.89. The summed E-state index contributed by atoms with van der Waals surface area (Å²) in [5.41, 5.74) is 7.16. The zero-order valence-corrected chi connectivity index (χ0v) is 13.5. The Balaban J connectivity index is 2.14. The Morgan fingerprint density at radius 3 is 2.74 bits per heavy atom. The van der Waals surface area contributed by atoms with Gasteiger partial charge in [0.15, 0.2) is 0 Å². The monoisotopic (exact) mass is 346 g/mol. The Kier molecular flexibility index (Phi) is 5.66. The number of halogens is 2. The van der Waals surface area contributed by atoms with Crippen LogP contribution in [0.15, 0.2) is 22.7 Å². The quantitative estimate of drug-likeness (QED) is 0.909. The number of likely N-dealkylation sites (tertiary alicyclic amines) is 1. The number of methoxy groups -OCH3 is 1. The molecule has 2 rings (SSSR count). The van der Waals surface area contributed by atoms with Gasteiger partial charge in [-0.1, -0.05) is 27.5 Å². The number of piperidine rings is 1. The van der Waals surface area contributed by atoms with Gasteiger partial charge in [0.05, 0.1) is 6.10 Å². The molecule has 106 valence electrons. The summed E-state index contributed by atoms with van der Waals surface area (Å²) in [6.07, 6.45) is 2.51. The summed E-state index contributed by atoms with van der Waals surface area (Å²) < 4.78 is 6.48. The maximum absolute atomic E-state index is 6.10. The second kappa shape index (κ2) is 7.04. The van der Waals surface area contributed by atoms with E-state index >= 15 is 0 Å². The number of rotatable bonds is 4. The second-order valence-corrected chi connectivity index (χ2v) is 6.18. The molecular weight excluding hydrogens is 328 g/mol. The van der Waals surface area contributed by atoms with Crippen LogP contribution in [-0.2, 0) is 4.74 Å². The van der Waals surface area contributed by atoms with Crippen LogP contribution in [0.5, 0.6) is 0 Å². The predicted molar refractivity (Wildman–Crippen MR) is 82.6 cm³/mol. The molecule has 1 atom stereocenters. The van der Waals surface area contributed by atoms with E-state index in [0.29, 0.717) is 12.6 Å². The minimum Gasteiger partial charge on any atom is -0.381 e. The lowest BCUT2D eigenvalue weighted by atomic mass is 10.0. The lowest BCUT2D eigenvalue weighted by molar-refractivity contribution is 0.0279. The van der Waals surface area contributed by atoms with Crippen molar-refractivity contribution in [2.75, 3.05) is 26.7 Å². The van der Waals surface area contributed by atoms with Crippen molar-refractivity contribution in [1.82, 2.24) is 4.90 Å². The van der Waals surface area contributed by atoms with Crippen molar-refractivity contribution in [3.8, 4) is 0 Å². The molecule has 3 nitrogen and oxygen atoms in total. The van der Waals surface area contributed by atoms with Gasteiger partial charge in [-0.2, -0.15) is 0 Å². The highest BCUT2D eigenvalue weighted by Crippen LogP contribution is 2.31. The van der Waals surface area contributed by atoms with Crippen molar-refractivity contribution < 1.29 is 4.74 Å². The van der Waals surface area contributed by atoms with Crippen molar-refractivity contribution in [3.63, 3.8) is 0 Å². The van der Waals surface area contributed by atoms with Crippen molar-refractivity contribution in [1.29, 1.82) is 0 Å². The van der Waals surface area contributed by atoms with E-state index in [2.05, 4.69) is 20.8 Å². The molecule has 1 fully saturated rings. The van der Waals surface area contributed by atoms with Crippen LogP contribution in [0.3, 0.4) is 0 Å². The minimum absolute atomic E-state index is 0.214. The first-order valence-electron chi connectivity index (χ1n) is 6.57. The molecule has 5 heteroatoms. The molecule has 1 unspecified atom stereocenters. The van der Waals surface area contributed by atoms with Crippen LogP contribution in [0, 0.1) is 0 Å². The maximum Gasteiger partial charge on any atom is 0.0595 e. The molecular formula is C14H20BrClN2O. The van der Waals surface area contributed by atoms with E-state index in [1.807, 2.05) is 18.2 Å². The van der Waals surface area contributed by atoms with E-state index in [1.54, 1.807) is 7.11 Å². The summed E-state index contributed by atoms with van der Waals surface area (Å²) in [6.45, 7) is 2.62. The predicted octanol–water partition coefficient (Wildman–Crippen LogP) is 3.21. The third-order valence-corrected chi connectivity index (χ3v) is 4.75. The van der Waals surface area contributed by atoms with Gasteiger partial charge in [-0.15, -0.1) is 0 Å². The summed E-state index contributed by atoms with van der Waals surface area (Å²) in [4.78, 5) is 2.42. The molecule has 1 aliphatic rings. The summed E-state index contributed by atoms with van der Waals surface area (Å²) in [5.74, 6) is 0. The van der Waals surface area contributed by atoms with Gasteiger partial charge < -0.3 is 10.5 Å². The molecule has 0 saturated carbocycles. The molecule has 1 aromatic rings. The molecule has 1 aliphatic heterocycles. The van der Waals surface area contributed by atoms with Gasteiger partial charge in [-0.05, 0) is 36.6 Å². The van der Waals surface area contributed by atoms with Crippen LogP contribution in [-0.4, -0.2) is 37.7 Å². The summed E-state index contributed by atoms with van der Waals surface area (Å²) in [5, 5.41) is 0.753.